The summed E-state index contributed by atoms with van der Waals surface area (Å²) in [4.78, 5) is 23.6. The Bertz CT molecular complexity index is 1220. The molecule has 0 atom stereocenters. The lowest BCUT2D eigenvalue weighted by molar-refractivity contribution is 0.101. The maximum Gasteiger partial charge on any atom is 0.292 e. The predicted octanol–water partition coefficient (Wildman–Crippen LogP) is 3.98. The van der Waals surface area contributed by atoms with Crippen molar-refractivity contribution < 1.29 is 13.9 Å². The predicted molar refractivity (Wildman–Crippen MR) is 120 cm³/mol. The maximum absolute atomic E-state index is 13.2. The van der Waals surface area contributed by atoms with E-state index in [1.807, 2.05) is 32.0 Å². The summed E-state index contributed by atoms with van der Waals surface area (Å²) < 4.78 is 20.3. The van der Waals surface area contributed by atoms with Gasteiger partial charge in [0.25, 0.3) is 5.91 Å². The molecule has 3 aromatic rings. The highest BCUT2D eigenvalue weighted by atomic mass is 19.1. The Morgan fingerprint density at radius 1 is 1.25 bits per heavy atom. The van der Waals surface area contributed by atoms with Gasteiger partial charge in [-0.1, -0.05) is 6.07 Å². The lowest BCUT2D eigenvalue weighted by Gasteiger charge is -2.17. The van der Waals surface area contributed by atoms with Gasteiger partial charge >= 0.3 is 0 Å². The standard InChI is InChI=1S/C23H23FN6O2/c1-14-6-11-19(32-5)15(2)20(14)30-21(26-13-29(3)4)18(12-25)28-22(30)23(31)27-17-9-7-16(24)8-10-17/h6-11,13H,1-5H3,(H,27,31). The van der Waals surface area contributed by atoms with Crippen molar-refractivity contribution in [3.8, 4) is 17.5 Å². The van der Waals surface area contributed by atoms with E-state index in [0.717, 1.165) is 11.1 Å². The number of aromatic nitrogens is 2. The third kappa shape index (κ3) is 4.44. The minimum Gasteiger partial charge on any atom is -0.496 e. The van der Waals surface area contributed by atoms with E-state index in [2.05, 4.69) is 15.3 Å². The molecule has 1 aromatic heterocycles. The summed E-state index contributed by atoms with van der Waals surface area (Å²) in [5, 5.41) is 12.4. The molecule has 3 rings (SSSR count). The molecule has 0 aliphatic carbocycles. The van der Waals surface area contributed by atoms with Gasteiger partial charge in [-0.15, -0.1) is 0 Å². The Morgan fingerprint density at radius 2 is 1.94 bits per heavy atom. The number of methoxy groups -OCH3 is 1. The van der Waals surface area contributed by atoms with Crippen LogP contribution in [-0.4, -0.2) is 47.9 Å². The molecular formula is C23H23FN6O2. The van der Waals surface area contributed by atoms with Crippen LogP contribution in [-0.2, 0) is 0 Å². The number of nitrogens with one attached hydrogen (secondary N) is 1. The molecule has 0 aliphatic rings. The van der Waals surface area contributed by atoms with Crippen molar-refractivity contribution >= 4 is 23.8 Å². The molecule has 0 aliphatic heterocycles. The molecule has 9 heteroatoms. The van der Waals surface area contributed by atoms with E-state index in [1.54, 1.807) is 30.7 Å². The second-order valence-electron chi connectivity index (χ2n) is 7.28. The third-order valence-corrected chi connectivity index (χ3v) is 4.70. The number of hydrogen-bond donors (Lipinski definition) is 1. The molecule has 32 heavy (non-hydrogen) atoms. The number of halogens is 1. The maximum atomic E-state index is 13.2. The second kappa shape index (κ2) is 9.31. The van der Waals surface area contributed by atoms with Crippen LogP contribution in [0.1, 0.15) is 27.4 Å². The van der Waals surface area contributed by atoms with Crippen molar-refractivity contribution in [2.24, 2.45) is 4.99 Å². The molecular weight excluding hydrogens is 411 g/mol. The summed E-state index contributed by atoms with van der Waals surface area (Å²) in [5.74, 6) is -0.188. The van der Waals surface area contributed by atoms with Crippen LogP contribution >= 0.6 is 0 Å². The van der Waals surface area contributed by atoms with Crippen LogP contribution < -0.4 is 10.1 Å². The van der Waals surface area contributed by atoms with Gasteiger partial charge in [0.2, 0.25) is 5.82 Å². The zero-order chi connectivity index (χ0) is 23.4. The fourth-order valence-electron chi connectivity index (χ4n) is 3.24. The number of amides is 1. The van der Waals surface area contributed by atoms with Gasteiger partial charge in [0.1, 0.15) is 17.6 Å². The van der Waals surface area contributed by atoms with E-state index in [4.69, 9.17) is 4.74 Å². The second-order valence-corrected chi connectivity index (χ2v) is 7.28. The van der Waals surface area contributed by atoms with Crippen LogP contribution in [0.4, 0.5) is 15.9 Å². The largest absolute Gasteiger partial charge is 0.496 e. The first-order chi connectivity index (χ1) is 15.3. The Kier molecular flexibility index (Phi) is 6.54. The number of ether oxygens (including phenoxy) is 1. The van der Waals surface area contributed by atoms with Crippen molar-refractivity contribution in [3.63, 3.8) is 0 Å². The molecule has 0 fully saturated rings. The number of benzene rings is 2. The van der Waals surface area contributed by atoms with Crippen molar-refractivity contribution in [2.75, 3.05) is 26.5 Å². The Hall–Kier alpha value is -4.19. The number of hydrogen-bond acceptors (Lipinski definition) is 5. The molecule has 1 N–H and O–H groups in total. The molecule has 1 amide bonds. The number of aliphatic imine (C=N–C) groups is 1. The number of imidazole rings is 1. The average molecular weight is 434 g/mol. The number of nitriles is 1. The third-order valence-electron chi connectivity index (χ3n) is 4.70. The highest BCUT2D eigenvalue weighted by molar-refractivity contribution is 6.03. The summed E-state index contributed by atoms with van der Waals surface area (Å²) in [6, 6.07) is 11.1. The van der Waals surface area contributed by atoms with E-state index in [-0.39, 0.29) is 17.3 Å². The van der Waals surface area contributed by atoms with E-state index in [0.29, 0.717) is 17.1 Å². The topological polar surface area (TPSA) is 95.5 Å². The van der Waals surface area contributed by atoms with Crippen LogP contribution in [0.3, 0.4) is 0 Å². The van der Waals surface area contributed by atoms with Crippen LogP contribution in [0.5, 0.6) is 5.75 Å². The lowest BCUT2D eigenvalue weighted by atomic mass is 10.1. The van der Waals surface area contributed by atoms with Crippen LogP contribution in [0.15, 0.2) is 41.4 Å². The Morgan fingerprint density at radius 3 is 2.53 bits per heavy atom. The molecule has 0 saturated heterocycles. The molecule has 0 radical (unpaired) electrons. The fourth-order valence-corrected chi connectivity index (χ4v) is 3.24. The smallest absolute Gasteiger partial charge is 0.292 e. The molecule has 8 nitrogen and oxygen atoms in total. The summed E-state index contributed by atoms with van der Waals surface area (Å²) in [7, 11) is 5.14. The fraction of sp³-hybridized carbons (Fsp3) is 0.217. The van der Waals surface area contributed by atoms with Gasteiger partial charge in [-0.3, -0.25) is 9.36 Å². The van der Waals surface area contributed by atoms with E-state index in [1.165, 1.54) is 30.6 Å². The molecule has 1 heterocycles. The van der Waals surface area contributed by atoms with Gasteiger partial charge in [0.05, 0.1) is 19.1 Å². The quantitative estimate of drug-likeness (QED) is 0.468. The van der Waals surface area contributed by atoms with Gasteiger partial charge in [0, 0.05) is 25.3 Å². The molecule has 164 valence electrons. The van der Waals surface area contributed by atoms with Crippen LogP contribution in [0.2, 0.25) is 0 Å². The van der Waals surface area contributed by atoms with Crippen molar-refractivity contribution in [3.05, 3.63) is 64.9 Å². The van der Waals surface area contributed by atoms with Gasteiger partial charge in [-0.25, -0.2) is 14.4 Å². The first-order valence-corrected chi connectivity index (χ1v) is 9.71. The highest BCUT2D eigenvalue weighted by Crippen LogP contribution is 2.34. The average Bonchev–Trinajstić information content (AvgIpc) is 3.12. The first-order valence-electron chi connectivity index (χ1n) is 9.71. The molecule has 0 saturated carbocycles. The summed E-state index contributed by atoms with van der Waals surface area (Å²) >= 11 is 0. The molecule has 0 bridgehead atoms. The SMILES string of the molecule is COc1ccc(C)c(-n2c(C(=O)Nc3ccc(F)cc3)nc(C#N)c2N=CN(C)C)c1C. The Labute approximate surface area is 185 Å². The molecule has 2 aromatic carbocycles. The number of anilines is 1. The zero-order valence-electron chi connectivity index (χ0n) is 18.5. The summed E-state index contributed by atoms with van der Waals surface area (Å²) in [6.45, 7) is 3.74. The summed E-state index contributed by atoms with van der Waals surface area (Å²) in [5.41, 5.74) is 2.61. The monoisotopic (exact) mass is 434 g/mol. The number of nitrogens with zero attached hydrogens (tertiary/aromatic N) is 5. The number of rotatable bonds is 6. The highest BCUT2D eigenvalue weighted by Gasteiger charge is 2.26. The normalized spacial score (nSPS) is 10.8. The van der Waals surface area contributed by atoms with E-state index in [9.17, 15) is 14.4 Å². The van der Waals surface area contributed by atoms with Gasteiger partial charge in [-0.2, -0.15) is 5.26 Å². The van der Waals surface area contributed by atoms with Crippen LogP contribution in [0, 0.1) is 31.0 Å². The Balaban J connectivity index is 2.26. The van der Waals surface area contributed by atoms with E-state index >= 15 is 0 Å². The first kappa shape index (κ1) is 22.5. The molecule has 0 spiro atoms. The minimum atomic E-state index is -0.568. The van der Waals surface area contributed by atoms with E-state index < -0.39 is 11.7 Å². The number of carbonyl (C=O) groups excluding carboxylic acids is 1. The number of aryl methyl sites for hydroxylation is 1. The lowest BCUT2D eigenvalue weighted by Crippen LogP contribution is -2.19. The van der Waals surface area contributed by atoms with Crippen LogP contribution in [0.25, 0.3) is 5.69 Å². The van der Waals surface area contributed by atoms with Crippen molar-refractivity contribution in [1.82, 2.24) is 14.5 Å². The van der Waals surface area contributed by atoms with Gasteiger partial charge in [-0.05, 0) is 49.7 Å². The molecule has 0 unspecified atom stereocenters. The van der Waals surface area contributed by atoms with Gasteiger partial charge < -0.3 is 15.0 Å². The zero-order valence-corrected chi connectivity index (χ0v) is 18.5. The minimum absolute atomic E-state index is 0.00558. The number of carbonyl (C=O) groups is 1. The van der Waals surface area contributed by atoms with Gasteiger partial charge in [0.15, 0.2) is 11.5 Å². The van der Waals surface area contributed by atoms with Crippen molar-refractivity contribution in [1.29, 1.82) is 5.26 Å². The summed E-state index contributed by atoms with van der Waals surface area (Å²) in [6.07, 6.45) is 1.53. The van der Waals surface area contributed by atoms with Crippen molar-refractivity contribution in [2.45, 2.75) is 13.8 Å².